The van der Waals surface area contributed by atoms with Crippen LogP contribution in [-0.4, -0.2) is 17.8 Å². The SMILES string of the molecule is O=C([O-])[C@H]1CS[C@H](c2ccc(OCc3ccccc3Cl)cc2)[NH2+]1. The number of aliphatic carboxylic acids is 1. The first kappa shape index (κ1) is 16.2. The number of halogens is 1. The lowest BCUT2D eigenvalue weighted by Gasteiger charge is -2.12. The Balaban J connectivity index is 1.59. The van der Waals surface area contributed by atoms with E-state index in [0.717, 1.165) is 16.9 Å². The lowest BCUT2D eigenvalue weighted by atomic mass is 10.2. The van der Waals surface area contributed by atoms with Crippen LogP contribution in [0.25, 0.3) is 0 Å². The molecular weight excluding hydrogens is 334 g/mol. The Morgan fingerprint density at radius 2 is 2.00 bits per heavy atom. The van der Waals surface area contributed by atoms with E-state index < -0.39 is 12.0 Å². The third-order valence-electron chi connectivity index (χ3n) is 3.73. The largest absolute Gasteiger partial charge is 0.544 e. The van der Waals surface area contributed by atoms with E-state index in [1.807, 2.05) is 53.8 Å². The number of benzene rings is 2. The minimum Gasteiger partial charge on any atom is -0.544 e. The molecule has 1 aliphatic heterocycles. The van der Waals surface area contributed by atoms with E-state index in [2.05, 4.69) is 0 Å². The van der Waals surface area contributed by atoms with Gasteiger partial charge < -0.3 is 20.0 Å². The summed E-state index contributed by atoms with van der Waals surface area (Å²) in [4.78, 5) is 10.9. The fourth-order valence-electron chi connectivity index (χ4n) is 2.41. The number of quaternary nitrogens is 1. The molecule has 2 aromatic carbocycles. The average molecular weight is 350 g/mol. The normalized spacial score (nSPS) is 20.4. The molecule has 2 atom stereocenters. The topological polar surface area (TPSA) is 66.0 Å². The van der Waals surface area contributed by atoms with E-state index in [4.69, 9.17) is 16.3 Å². The quantitative estimate of drug-likeness (QED) is 0.884. The van der Waals surface area contributed by atoms with Gasteiger partial charge in [-0.2, -0.15) is 0 Å². The lowest BCUT2D eigenvalue weighted by molar-refractivity contribution is -0.690. The second kappa shape index (κ2) is 7.25. The zero-order valence-electron chi connectivity index (χ0n) is 12.3. The number of carbonyl (C=O) groups excluding carboxylic acids is 1. The van der Waals surface area contributed by atoms with Crippen LogP contribution < -0.4 is 15.2 Å². The van der Waals surface area contributed by atoms with Crippen LogP contribution in [0.3, 0.4) is 0 Å². The number of carboxylic acid groups (broad SMARTS) is 1. The molecule has 2 N–H and O–H groups in total. The molecule has 0 amide bonds. The molecule has 0 saturated carbocycles. The van der Waals surface area contributed by atoms with Gasteiger partial charge in [-0.05, 0) is 30.3 Å². The van der Waals surface area contributed by atoms with E-state index in [1.54, 1.807) is 11.8 Å². The summed E-state index contributed by atoms with van der Waals surface area (Å²) in [6.45, 7) is 0.413. The predicted octanol–water partition coefficient (Wildman–Crippen LogP) is 1.35. The van der Waals surface area contributed by atoms with Gasteiger partial charge in [0.05, 0.1) is 5.75 Å². The van der Waals surface area contributed by atoms with Gasteiger partial charge in [-0.15, -0.1) is 0 Å². The second-order valence-corrected chi connectivity index (χ2v) is 6.90. The van der Waals surface area contributed by atoms with Gasteiger partial charge >= 0.3 is 0 Å². The Morgan fingerprint density at radius 3 is 2.65 bits per heavy atom. The number of nitrogens with two attached hydrogens (primary N) is 1. The highest BCUT2D eigenvalue weighted by atomic mass is 35.5. The summed E-state index contributed by atoms with van der Waals surface area (Å²) in [5.74, 6) is 0.324. The van der Waals surface area contributed by atoms with Crippen molar-refractivity contribution in [2.24, 2.45) is 0 Å². The number of ether oxygens (including phenoxy) is 1. The first-order valence-electron chi connectivity index (χ1n) is 7.27. The number of hydrogen-bond acceptors (Lipinski definition) is 4. The van der Waals surface area contributed by atoms with Crippen molar-refractivity contribution in [3.05, 3.63) is 64.7 Å². The summed E-state index contributed by atoms with van der Waals surface area (Å²) in [7, 11) is 0. The highest BCUT2D eigenvalue weighted by Gasteiger charge is 2.30. The van der Waals surface area contributed by atoms with E-state index in [0.29, 0.717) is 17.4 Å². The monoisotopic (exact) mass is 349 g/mol. The van der Waals surface area contributed by atoms with Crippen molar-refractivity contribution in [1.29, 1.82) is 0 Å². The van der Waals surface area contributed by atoms with E-state index >= 15 is 0 Å². The smallest absolute Gasteiger partial charge is 0.159 e. The fourth-order valence-corrected chi connectivity index (χ4v) is 3.92. The van der Waals surface area contributed by atoms with Crippen molar-refractivity contribution in [2.45, 2.75) is 18.0 Å². The van der Waals surface area contributed by atoms with Gasteiger partial charge in [0.15, 0.2) is 5.37 Å². The Bertz CT molecular complexity index is 692. The molecule has 3 rings (SSSR count). The van der Waals surface area contributed by atoms with Crippen LogP contribution in [0.15, 0.2) is 48.5 Å². The van der Waals surface area contributed by atoms with Crippen LogP contribution in [0.5, 0.6) is 5.75 Å². The number of thioether (sulfide) groups is 1. The maximum atomic E-state index is 10.9. The summed E-state index contributed by atoms with van der Waals surface area (Å²) in [5.41, 5.74) is 2.01. The molecule has 23 heavy (non-hydrogen) atoms. The van der Waals surface area contributed by atoms with Crippen molar-refractivity contribution in [1.82, 2.24) is 0 Å². The summed E-state index contributed by atoms with van der Waals surface area (Å²) >= 11 is 7.72. The molecule has 0 spiro atoms. The Morgan fingerprint density at radius 1 is 1.26 bits per heavy atom. The predicted molar refractivity (Wildman–Crippen MR) is 88.1 cm³/mol. The zero-order chi connectivity index (χ0) is 16.2. The molecule has 1 heterocycles. The molecule has 0 aliphatic carbocycles. The molecule has 1 fully saturated rings. The first-order chi connectivity index (χ1) is 11.1. The van der Waals surface area contributed by atoms with Crippen LogP contribution in [0.2, 0.25) is 5.02 Å². The molecule has 120 valence electrons. The number of carbonyl (C=O) groups is 1. The third-order valence-corrected chi connectivity index (χ3v) is 5.43. The summed E-state index contributed by atoms with van der Waals surface area (Å²) in [6, 6.07) is 14.8. The van der Waals surface area contributed by atoms with Gasteiger partial charge in [-0.1, -0.05) is 41.6 Å². The highest BCUT2D eigenvalue weighted by molar-refractivity contribution is 7.99. The van der Waals surface area contributed by atoms with Crippen LogP contribution in [0.1, 0.15) is 16.5 Å². The van der Waals surface area contributed by atoms with Crippen molar-refractivity contribution >= 4 is 29.3 Å². The highest BCUT2D eigenvalue weighted by Crippen LogP contribution is 2.28. The van der Waals surface area contributed by atoms with Gasteiger partial charge in [0, 0.05) is 16.1 Å². The van der Waals surface area contributed by atoms with Crippen molar-refractivity contribution < 1.29 is 20.0 Å². The minimum absolute atomic E-state index is 0.0931. The molecule has 4 nitrogen and oxygen atoms in total. The van der Waals surface area contributed by atoms with Crippen molar-refractivity contribution in [3.8, 4) is 5.75 Å². The Hall–Kier alpha value is -1.69. The van der Waals surface area contributed by atoms with Gasteiger partial charge in [-0.3, -0.25) is 0 Å². The van der Waals surface area contributed by atoms with E-state index in [-0.39, 0.29) is 5.37 Å². The number of carboxylic acids is 1. The zero-order valence-corrected chi connectivity index (χ0v) is 13.8. The maximum Gasteiger partial charge on any atom is 0.159 e. The van der Waals surface area contributed by atoms with Crippen molar-refractivity contribution in [2.75, 3.05) is 5.75 Å². The molecular formula is C17H16ClNO3S. The lowest BCUT2D eigenvalue weighted by Crippen LogP contribution is -2.90. The van der Waals surface area contributed by atoms with E-state index in [1.165, 1.54) is 0 Å². The van der Waals surface area contributed by atoms with Crippen LogP contribution in [0, 0.1) is 0 Å². The second-order valence-electron chi connectivity index (χ2n) is 5.32. The van der Waals surface area contributed by atoms with Crippen LogP contribution in [-0.2, 0) is 11.4 Å². The van der Waals surface area contributed by atoms with Crippen molar-refractivity contribution in [3.63, 3.8) is 0 Å². The molecule has 0 radical (unpaired) electrons. The summed E-state index contributed by atoms with van der Waals surface area (Å²) < 4.78 is 5.74. The third kappa shape index (κ3) is 3.99. The number of hydrogen-bond donors (Lipinski definition) is 1. The average Bonchev–Trinajstić information content (AvgIpc) is 3.05. The fraction of sp³-hybridized carbons (Fsp3) is 0.235. The van der Waals surface area contributed by atoms with Gasteiger partial charge in [0.25, 0.3) is 0 Å². The molecule has 0 bridgehead atoms. The Labute approximate surface area is 143 Å². The number of rotatable bonds is 5. The minimum atomic E-state index is -1.00. The Kier molecular flexibility index (Phi) is 5.10. The summed E-state index contributed by atoms with van der Waals surface area (Å²) in [6.07, 6.45) is 0. The van der Waals surface area contributed by atoms with Gasteiger partial charge in [-0.25, -0.2) is 0 Å². The van der Waals surface area contributed by atoms with Crippen LogP contribution >= 0.6 is 23.4 Å². The molecule has 1 aliphatic rings. The van der Waals surface area contributed by atoms with E-state index in [9.17, 15) is 9.90 Å². The van der Waals surface area contributed by atoms with Crippen LogP contribution in [0.4, 0.5) is 0 Å². The molecule has 1 saturated heterocycles. The molecule has 6 heteroatoms. The van der Waals surface area contributed by atoms with Gasteiger partial charge in [0.2, 0.25) is 0 Å². The molecule has 2 aromatic rings. The standard InChI is InChI=1S/C17H16ClNO3S/c18-14-4-2-1-3-12(14)9-22-13-7-5-11(6-8-13)16-19-15(10-23-16)17(20)21/h1-8,15-16,19H,9-10H2,(H,20,21)/t15-,16-/m1/s1. The first-order valence-corrected chi connectivity index (χ1v) is 8.70. The summed E-state index contributed by atoms with van der Waals surface area (Å²) in [5, 5.41) is 13.5. The molecule has 0 unspecified atom stereocenters. The maximum absolute atomic E-state index is 10.9. The molecule has 0 aromatic heterocycles. The van der Waals surface area contributed by atoms with Gasteiger partial charge in [0.1, 0.15) is 24.4 Å².